The molecule has 0 aliphatic carbocycles. The quantitative estimate of drug-likeness (QED) is 0.621. The van der Waals surface area contributed by atoms with Crippen LogP contribution in [-0.4, -0.2) is 0 Å². The van der Waals surface area contributed by atoms with Crippen molar-refractivity contribution in [3.8, 4) is 0 Å². The lowest BCUT2D eigenvalue weighted by molar-refractivity contribution is 1.24. The molecule has 0 aromatic heterocycles. The highest BCUT2D eigenvalue weighted by atomic mass is 32.1. The van der Waals surface area contributed by atoms with Crippen LogP contribution < -0.4 is 0 Å². The molecule has 0 heterocycles. The maximum absolute atomic E-state index is 4.27. The van der Waals surface area contributed by atoms with Crippen molar-refractivity contribution in [1.29, 1.82) is 0 Å². The second-order valence-electron chi connectivity index (χ2n) is 4.05. The minimum Gasteiger partial charge on any atom is -0.143 e. The molecule has 0 N–H and O–H groups in total. The topological polar surface area (TPSA) is 0 Å². The number of aryl methyl sites for hydroxylation is 2. The SMILES string of the molecule is Cc1ccc(S)cc1.Cc1cccc(S)c1C. The Hall–Kier alpha value is -0.860. The third-order valence-corrected chi connectivity index (χ3v) is 3.39. The molecule has 0 saturated carbocycles. The average Bonchev–Trinajstić information content (AvgIpc) is 2.31. The van der Waals surface area contributed by atoms with E-state index in [0.717, 1.165) is 9.79 Å². The fourth-order valence-corrected chi connectivity index (χ4v) is 1.69. The summed E-state index contributed by atoms with van der Waals surface area (Å²) in [5.41, 5.74) is 3.87. The second kappa shape index (κ2) is 6.77. The van der Waals surface area contributed by atoms with Crippen molar-refractivity contribution in [3.05, 3.63) is 59.2 Å². The summed E-state index contributed by atoms with van der Waals surface area (Å²) in [6.45, 7) is 6.24. The van der Waals surface area contributed by atoms with E-state index >= 15 is 0 Å². The fourth-order valence-electron chi connectivity index (χ4n) is 1.28. The molecule has 90 valence electrons. The van der Waals surface area contributed by atoms with Crippen LogP contribution in [0.5, 0.6) is 0 Å². The summed E-state index contributed by atoms with van der Waals surface area (Å²) in [4.78, 5) is 2.10. The molecule has 2 aromatic carbocycles. The average molecular weight is 262 g/mol. The molecule has 0 nitrogen and oxygen atoms in total. The molecule has 0 radical (unpaired) electrons. The van der Waals surface area contributed by atoms with E-state index in [-0.39, 0.29) is 0 Å². The fraction of sp³-hybridized carbons (Fsp3) is 0.200. The monoisotopic (exact) mass is 262 g/mol. The van der Waals surface area contributed by atoms with Crippen LogP contribution in [0.4, 0.5) is 0 Å². The summed E-state index contributed by atoms with van der Waals surface area (Å²) >= 11 is 8.40. The highest BCUT2D eigenvalue weighted by Crippen LogP contribution is 2.15. The molecular formula is C15H18S2. The van der Waals surface area contributed by atoms with Gasteiger partial charge in [-0.1, -0.05) is 29.8 Å². The van der Waals surface area contributed by atoms with Crippen LogP contribution in [0.1, 0.15) is 16.7 Å². The number of benzene rings is 2. The first-order chi connectivity index (χ1) is 8.00. The molecule has 0 bridgehead atoms. The van der Waals surface area contributed by atoms with Crippen molar-refractivity contribution >= 4 is 25.3 Å². The first-order valence-electron chi connectivity index (χ1n) is 5.51. The van der Waals surface area contributed by atoms with Crippen molar-refractivity contribution in [3.63, 3.8) is 0 Å². The molecule has 2 heteroatoms. The first-order valence-corrected chi connectivity index (χ1v) is 6.41. The zero-order valence-corrected chi connectivity index (χ0v) is 12.2. The molecule has 0 unspecified atom stereocenters. The van der Waals surface area contributed by atoms with Gasteiger partial charge in [0.1, 0.15) is 0 Å². The van der Waals surface area contributed by atoms with Crippen molar-refractivity contribution in [1.82, 2.24) is 0 Å². The molecule has 0 atom stereocenters. The minimum absolute atomic E-state index is 1.02. The van der Waals surface area contributed by atoms with Crippen molar-refractivity contribution in [2.45, 2.75) is 30.6 Å². The van der Waals surface area contributed by atoms with E-state index < -0.39 is 0 Å². The Balaban J connectivity index is 0.000000171. The Kier molecular flexibility index (Phi) is 5.66. The van der Waals surface area contributed by atoms with Gasteiger partial charge < -0.3 is 0 Å². The number of thiol groups is 2. The lowest BCUT2D eigenvalue weighted by Gasteiger charge is -2.00. The van der Waals surface area contributed by atoms with Crippen molar-refractivity contribution in [2.24, 2.45) is 0 Å². The molecule has 0 fully saturated rings. The van der Waals surface area contributed by atoms with Gasteiger partial charge in [0.15, 0.2) is 0 Å². The van der Waals surface area contributed by atoms with E-state index in [9.17, 15) is 0 Å². The zero-order chi connectivity index (χ0) is 12.8. The summed E-state index contributed by atoms with van der Waals surface area (Å²) in [5.74, 6) is 0. The molecule has 17 heavy (non-hydrogen) atoms. The highest BCUT2D eigenvalue weighted by molar-refractivity contribution is 7.80. The van der Waals surface area contributed by atoms with Gasteiger partial charge in [0.2, 0.25) is 0 Å². The Labute approximate surface area is 115 Å². The van der Waals surface area contributed by atoms with Gasteiger partial charge in [0, 0.05) is 9.79 Å². The van der Waals surface area contributed by atoms with Crippen LogP contribution in [-0.2, 0) is 0 Å². The van der Waals surface area contributed by atoms with E-state index in [1.807, 2.05) is 36.4 Å². The maximum Gasteiger partial charge on any atom is 0.00718 e. The van der Waals surface area contributed by atoms with Crippen LogP contribution in [0.25, 0.3) is 0 Å². The standard InChI is InChI=1S/C8H10S.C7H8S/c1-6-4-3-5-8(9)7(6)2;1-6-2-4-7(8)5-3-6/h3-5,9H,1-2H3;2-5,8H,1H3. The first kappa shape index (κ1) is 14.2. The molecule has 0 amide bonds. The predicted octanol–water partition coefficient (Wildman–Crippen LogP) is 4.88. The van der Waals surface area contributed by atoms with E-state index in [0.29, 0.717) is 0 Å². The third kappa shape index (κ3) is 4.88. The minimum atomic E-state index is 1.02. The summed E-state index contributed by atoms with van der Waals surface area (Å²) in [6, 6.07) is 14.2. The molecule has 2 aromatic rings. The summed E-state index contributed by atoms with van der Waals surface area (Å²) < 4.78 is 0. The van der Waals surface area contributed by atoms with E-state index in [1.54, 1.807) is 0 Å². The van der Waals surface area contributed by atoms with Gasteiger partial charge in [-0.25, -0.2) is 0 Å². The molecule has 0 spiro atoms. The van der Waals surface area contributed by atoms with Crippen LogP contribution >= 0.6 is 25.3 Å². The van der Waals surface area contributed by atoms with Gasteiger partial charge in [-0.2, -0.15) is 0 Å². The van der Waals surface area contributed by atoms with Crippen LogP contribution in [0.2, 0.25) is 0 Å². The zero-order valence-electron chi connectivity index (χ0n) is 10.4. The molecule has 0 saturated heterocycles. The van der Waals surface area contributed by atoms with Gasteiger partial charge in [0.25, 0.3) is 0 Å². The van der Waals surface area contributed by atoms with E-state index in [1.165, 1.54) is 16.7 Å². The number of hydrogen-bond acceptors (Lipinski definition) is 2. The van der Waals surface area contributed by atoms with E-state index in [2.05, 4.69) is 52.1 Å². The van der Waals surface area contributed by atoms with Crippen LogP contribution in [0.3, 0.4) is 0 Å². The van der Waals surface area contributed by atoms with E-state index in [4.69, 9.17) is 0 Å². The van der Waals surface area contributed by atoms with Gasteiger partial charge in [-0.15, -0.1) is 25.3 Å². The van der Waals surface area contributed by atoms with Crippen molar-refractivity contribution < 1.29 is 0 Å². The predicted molar refractivity (Wildman–Crippen MR) is 81.6 cm³/mol. The highest BCUT2D eigenvalue weighted by Gasteiger charge is 1.92. The molecule has 0 aliphatic rings. The number of rotatable bonds is 0. The number of hydrogen-bond donors (Lipinski definition) is 2. The van der Waals surface area contributed by atoms with Gasteiger partial charge in [-0.3, -0.25) is 0 Å². The van der Waals surface area contributed by atoms with Gasteiger partial charge in [0.05, 0.1) is 0 Å². The molecular weight excluding hydrogens is 244 g/mol. The van der Waals surface area contributed by atoms with Gasteiger partial charge in [-0.05, 0) is 50.1 Å². The third-order valence-electron chi connectivity index (χ3n) is 2.61. The van der Waals surface area contributed by atoms with Crippen LogP contribution in [0, 0.1) is 20.8 Å². The Morgan fingerprint density at radius 2 is 1.35 bits per heavy atom. The van der Waals surface area contributed by atoms with Gasteiger partial charge >= 0.3 is 0 Å². The maximum atomic E-state index is 4.27. The summed E-state index contributed by atoms with van der Waals surface area (Å²) in [7, 11) is 0. The Morgan fingerprint density at radius 3 is 1.76 bits per heavy atom. The second-order valence-corrected chi connectivity index (χ2v) is 5.05. The molecule has 0 aliphatic heterocycles. The largest absolute Gasteiger partial charge is 0.143 e. The summed E-state index contributed by atoms with van der Waals surface area (Å²) in [6.07, 6.45) is 0. The Morgan fingerprint density at radius 1 is 0.765 bits per heavy atom. The lowest BCUT2D eigenvalue weighted by Crippen LogP contribution is -1.79. The summed E-state index contributed by atoms with van der Waals surface area (Å²) in [5, 5.41) is 0. The van der Waals surface area contributed by atoms with Crippen LogP contribution in [0.15, 0.2) is 52.3 Å². The molecule has 2 rings (SSSR count). The van der Waals surface area contributed by atoms with Crippen molar-refractivity contribution in [2.75, 3.05) is 0 Å². The Bertz CT molecular complexity index is 432. The normalized spacial score (nSPS) is 9.47. The smallest absolute Gasteiger partial charge is 0.00718 e. The lowest BCUT2D eigenvalue weighted by atomic mass is 10.1.